The van der Waals surface area contributed by atoms with Crippen molar-refractivity contribution in [2.75, 3.05) is 0 Å². The predicted octanol–water partition coefficient (Wildman–Crippen LogP) is 4.50. The molecule has 2 aromatic rings. The molecule has 1 fully saturated rings. The molecule has 1 unspecified atom stereocenters. The Morgan fingerprint density at radius 1 is 1.09 bits per heavy atom. The highest BCUT2D eigenvalue weighted by molar-refractivity contribution is 6.10. The Balaban J connectivity index is 1.88. The van der Waals surface area contributed by atoms with Crippen LogP contribution in [0, 0.1) is 0 Å². The first-order chi connectivity index (χ1) is 11.2. The summed E-state index contributed by atoms with van der Waals surface area (Å²) in [6.07, 6.45) is 6.75. The normalized spacial score (nSPS) is 21.7. The van der Waals surface area contributed by atoms with Gasteiger partial charge in [-0.05, 0) is 42.2 Å². The quantitative estimate of drug-likeness (QED) is 0.766. The van der Waals surface area contributed by atoms with Crippen LogP contribution in [-0.2, 0) is 0 Å². The van der Waals surface area contributed by atoms with Crippen molar-refractivity contribution in [3.63, 3.8) is 0 Å². The third-order valence-corrected chi connectivity index (χ3v) is 5.51. The molecule has 1 aliphatic carbocycles. The second kappa shape index (κ2) is 5.48. The molecule has 2 aromatic carbocycles. The molecular weight excluding hydrogens is 286 g/mol. The lowest BCUT2D eigenvalue weighted by molar-refractivity contribution is 0.0592. The molecule has 118 valence electrons. The second-order valence-electron chi connectivity index (χ2n) is 6.77. The van der Waals surface area contributed by atoms with Gasteiger partial charge in [-0.15, -0.1) is 0 Å². The summed E-state index contributed by atoms with van der Waals surface area (Å²) in [6, 6.07) is 10.2. The van der Waals surface area contributed by atoms with E-state index in [4.69, 9.17) is 0 Å². The van der Waals surface area contributed by atoms with Crippen LogP contribution in [0.25, 0.3) is 10.8 Å². The van der Waals surface area contributed by atoms with Crippen molar-refractivity contribution >= 4 is 23.0 Å². The molecule has 23 heavy (non-hydrogen) atoms. The molecule has 0 radical (unpaired) electrons. The van der Waals surface area contributed by atoms with Gasteiger partial charge < -0.3 is 4.90 Å². The molecular formula is C20H21NO2. The number of rotatable bonds is 2. The van der Waals surface area contributed by atoms with Gasteiger partial charge in [-0.1, -0.05) is 43.5 Å². The lowest BCUT2D eigenvalue weighted by Gasteiger charge is -2.34. The zero-order chi connectivity index (χ0) is 16.0. The smallest absolute Gasteiger partial charge is 0.255 e. The van der Waals surface area contributed by atoms with Crippen molar-refractivity contribution in [2.24, 2.45) is 0 Å². The summed E-state index contributed by atoms with van der Waals surface area (Å²) in [4.78, 5) is 26.6. The van der Waals surface area contributed by atoms with Gasteiger partial charge in [-0.2, -0.15) is 0 Å². The van der Waals surface area contributed by atoms with Gasteiger partial charge in [-0.25, -0.2) is 0 Å². The summed E-state index contributed by atoms with van der Waals surface area (Å²) in [5.74, 6) is 0.105. The number of fused-ring (bicyclic) bond motifs is 3. The summed E-state index contributed by atoms with van der Waals surface area (Å²) in [5.41, 5.74) is 2.44. The number of benzene rings is 2. The highest BCUT2D eigenvalue weighted by Gasteiger charge is 2.39. The lowest BCUT2D eigenvalue weighted by atomic mass is 9.92. The van der Waals surface area contributed by atoms with E-state index in [9.17, 15) is 9.59 Å². The van der Waals surface area contributed by atoms with E-state index in [2.05, 4.69) is 11.8 Å². The Kier molecular flexibility index (Phi) is 3.44. The average Bonchev–Trinajstić information content (AvgIpc) is 2.85. The summed E-state index contributed by atoms with van der Waals surface area (Å²) >= 11 is 0. The van der Waals surface area contributed by atoms with Crippen LogP contribution in [0.5, 0.6) is 0 Å². The zero-order valence-corrected chi connectivity index (χ0v) is 13.4. The van der Waals surface area contributed by atoms with Crippen molar-refractivity contribution in [1.82, 2.24) is 4.90 Å². The molecule has 0 N–H and O–H groups in total. The molecule has 0 saturated heterocycles. The Morgan fingerprint density at radius 2 is 1.78 bits per heavy atom. The molecule has 0 spiro atoms. The van der Waals surface area contributed by atoms with Crippen LogP contribution in [-0.4, -0.2) is 23.1 Å². The largest absolute Gasteiger partial charge is 0.329 e. The third kappa shape index (κ3) is 2.10. The van der Waals surface area contributed by atoms with Crippen molar-refractivity contribution in [1.29, 1.82) is 0 Å². The molecule has 1 aliphatic heterocycles. The minimum absolute atomic E-state index is 0.0891. The molecule has 3 nitrogen and oxygen atoms in total. The zero-order valence-electron chi connectivity index (χ0n) is 13.4. The van der Waals surface area contributed by atoms with Gasteiger partial charge in [0.05, 0.1) is 6.04 Å². The van der Waals surface area contributed by atoms with E-state index in [-0.39, 0.29) is 11.9 Å². The number of hydrogen-bond acceptors (Lipinski definition) is 2. The van der Waals surface area contributed by atoms with Crippen LogP contribution in [0.4, 0.5) is 0 Å². The number of hydrogen-bond donors (Lipinski definition) is 0. The maximum absolute atomic E-state index is 13.0. The van der Waals surface area contributed by atoms with E-state index in [1.807, 2.05) is 24.3 Å². The second-order valence-corrected chi connectivity index (χ2v) is 6.77. The molecule has 4 rings (SSSR count). The maximum Gasteiger partial charge on any atom is 0.255 e. The van der Waals surface area contributed by atoms with Gasteiger partial charge in [0.25, 0.3) is 5.91 Å². The fourth-order valence-corrected chi connectivity index (χ4v) is 4.45. The summed E-state index contributed by atoms with van der Waals surface area (Å²) in [5, 5.41) is 2.00. The molecule has 1 heterocycles. The monoisotopic (exact) mass is 307 g/mol. The van der Waals surface area contributed by atoms with Gasteiger partial charge in [0.15, 0.2) is 6.29 Å². The van der Waals surface area contributed by atoms with E-state index in [1.165, 1.54) is 19.3 Å². The van der Waals surface area contributed by atoms with Crippen molar-refractivity contribution in [3.8, 4) is 0 Å². The Labute approximate surface area is 136 Å². The standard InChI is InChI=1S/C20H21NO2/c1-13-19-17-10-6-5-9-16(17)14(12-22)11-18(19)20(23)21(13)15-7-3-2-4-8-15/h5-6,9-13,15H,2-4,7-8H2,1H3. The predicted molar refractivity (Wildman–Crippen MR) is 90.8 cm³/mol. The Morgan fingerprint density at radius 3 is 2.48 bits per heavy atom. The van der Waals surface area contributed by atoms with Gasteiger partial charge >= 0.3 is 0 Å². The summed E-state index contributed by atoms with van der Waals surface area (Å²) < 4.78 is 0. The van der Waals surface area contributed by atoms with E-state index >= 15 is 0 Å². The van der Waals surface area contributed by atoms with Gasteiger partial charge in [0, 0.05) is 17.2 Å². The molecule has 1 atom stereocenters. The van der Waals surface area contributed by atoms with Crippen LogP contribution in [0.3, 0.4) is 0 Å². The fourth-order valence-electron chi connectivity index (χ4n) is 4.45. The third-order valence-electron chi connectivity index (χ3n) is 5.51. The van der Waals surface area contributed by atoms with Crippen molar-refractivity contribution < 1.29 is 9.59 Å². The van der Waals surface area contributed by atoms with Crippen LogP contribution in [0.1, 0.15) is 71.3 Å². The Bertz CT molecular complexity index is 790. The minimum Gasteiger partial charge on any atom is -0.329 e. The van der Waals surface area contributed by atoms with E-state index in [0.29, 0.717) is 11.6 Å². The molecule has 1 saturated carbocycles. The molecule has 2 aliphatic rings. The molecule has 0 aromatic heterocycles. The molecule has 0 bridgehead atoms. The van der Waals surface area contributed by atoms with Crippen molar-refractivity contribution in [2.45, 2.75) is 51.1 Å². The maximum atomic E-state index is 13.0. The highest BCUT2D eigenvalue weighted by Crippen LogP contribution is 2.42. The fraction of sp³-hybridized carbons (Fsp3) is 0.400. The number of carbonyl (C=O) groups is 2. The summed E-state index contributed by atoms with van der Waals surface area (Å²) in [7, 11) is 0. The van der Waals surface area contributed by atoms with E-state index < -0.39 is 0 Å². The van der Waals surface area contributed by atoms with Crippen LogP contribution >= 0.6 is 0 Å². The highest BCUT2D eigenvalue weighted by atomic mass is 16.2. The van der Waals surface area contributed by atoms with Gasteiger partial charge in [-0.3, -0.25) is 9.59 Å². The number of amides is 1. The summed E-state index contributed by atoms with van der Waals surface area (Å²) in [6.45, 7) is 2.13. The number of nitrogens with zero attached hydrogens (tertiary/aromatic N) is 1. The average molecular weight is 307 g/mol. The first kappa shape index (κ1) is 14.4. The van der Waals surface area contributed by atoms with E-state index in [0.717, 1.165) is 41.0 Å². The lowest BCUT2D eigenvalue weighted by Crippen LogP contribution is -2.38. The Hall–Kier alpha value is -2.16. The number of carbonyl (C=O) groups excluding carboxylic acids is 2. The SMILES string of the molecule is CC1c2c(cc(C=O)c3ccccc23)C(=O)N1C1CCCCC1. The molecule has 1 amide bonds. The van der Waals surface area contributed by atoms with Gasteiger partial charge in [0.2, 0.25) is 0 Å². The minimum atomic E-state index is 0.0891. The number of aldehydes is 1. The van der Waals surface area contributed by atoms with Crippen LogP contribution in [0.2, 0.25) is 0 Å². The van der Waals surface area contributed by atoms with Crippen LogP contribution in [0.15, 0.2) is 30.3 Å². The van der Waals surface area contributed by atoms with Crippen molar-refractivity contribution in [3.05, 3.63) is 47.0 Å². The topological polar surface area (TPSA) is 37.4 Å². The van der Waals surface area contributed by atoms with Crippen LogP contribution < -0.4 is 0 Å². The van der Waals surface area contributed by atoms with Gasteiger partial charge in [0.1, 0.15) is 0 Å². The molecule has 3 heteroatoms. The van der Waals surface area contributed by atoms with E-state index in [1.54, 1.807) is 6.07 Å². The first-order valence-electron chi connectivity index (χ1n) is 8.56. The first-order valence-corrected chi connectivity index (χ1v) is 8.56.